The molecule has 0 radical (unpaired) electrons. The van der Waals surface area contributed by atoms with Crippen molar-refractivity contribution in [2.24, 2.45) is 0 Å². The first kappa shape index (κ1) is 29.1. The number of alkyl halides is 2. The van der Waals surface area contributed by atoms with Gasteiger partial charge in [0.15, 0.2) is 5.76 Å². The Morgan fingerprint density at radius 3 is 2.55 bits per heavy atom. The lowest BCUT2D eigenvalue weighted by molar-refractivity contribution is -0.151. The number of piperidine rings is 1. The van der Waals surface area contributed by atoms with Crippen LogP contribution in [0.4, 0.5) is 8.78 Å². The number of hydrogen-bond acceptors (Lipinski definition) is 6. The Morgan fingerprint density at radius 1 is 1.12 bits per heavy atom. The molecule has 0 saturated carbocycles. The van der Waals surface area contributed by atoms with E-state index in [1.54, 1.807) is 18.2 Å². The van der Waals surface area contributed by atoms with Crippen LogP contribution in [0.2, 0.25) is 10.0 Å². The molecule has 40 heavy (non-hydrogen) atoms. The van der Waals surface area contributed by atoms with Crippen LogP contribution in [0.25, 0.3) is 11.0 Å². The molecule has 1 amide bonds. The molecule has 2 unspecified atom stereocenters. The van der Waals surface area contributed by atoms with Crippen molar-refractivity contribution in [3.8, 4) is 5.75 Å². The van der Waals surface area contributed by atoms with Gasteiger partial charge < -0.3 is 29.4 Å². The lowest BCUT2D eigenvalue weighted by atomic mass is 10.0. The third-order valence-corrected chi connectivity index (χ3v) is 8.21. The maximum atomic E-state index is 15.3. The number of hydrogen-bond donors (Lipinski definition) is 2. The highest BCUT2D eigenvalue weighted by Crippen LogP contribution is 2.35. The number of carbonyl (C=O) groups is 1. The number of likely N-dealkylation sites (tertiary alicyclic amines) is 2. The quantitative estimate of drug-likeness (QED) is 0.334. The molecule has 2 aliphatic rings. The smallest absolute Gasteiger partial charge is 0.380 e. The highest BCUT2D eigenvalue weighted by atomic mass is 35.5. The minimum absolute atomic E-state index is 0.0446. The number of nitrogens with zero attached hydrogens (tertiary/aromatic N) is 2. The number of ether oxygens (including phenoxy) is 1. The average Bonchev–Trinajstić information content (AvgIpc) is 3.60. The molecule has 0 aliphatic carbocycles. The highest BCUT2D eigenvalue weighted by molar-refractivity contribution is 6.32. The van der Waals surface area contributed by atoms with Gasteiger partial charge in [0.1, 0.15) is 23.5 Å². The van der Waals surface area contributed by atoms with Crippen molar-refractivity contribution >= 4 is 40.1 Å². The summed E-state index contributed by atoms with van der Waals surface area (Å²) in [5.41, 5.74) is 0.588. The lowest BCUT2D eigenvalue weighted by Gasteiger charge is -2.31. The Labute approximate surface area is 242 Å². The average molecular weight is 597 g/mol. The van der Waals surface area contributed by atoms with E-state index in [2.05, 4.69) is 17.3 Å². The van der Waals surface area contributed by atoms with E-state index in [0.29, 0.717) is 26.7 Å². The fourth-order valence-electron chi connectivity index (χ4n) is 5.32. The molecule has 5 rings (SSSR count). The first-order valence-corrected chi connectivity index (χ1v) is 14.3. The fraction of sp³-hybridized carbons (Fsp3) is 0.483. The van der Waals surface area contributed by atoms with E-state index in [1.807, 2.05) is 4.90 Å². The molecular weight excluding hydrogens is 563 g/mol. The van der Waals surface area contributed by atoms with Gasteiger partial charge in [-0.2, -0.15) is 8.78 Å². The summed E-state index contributed by atoms with van der Waals surface area (Å²) in [6, 6.07) is 9.48. The van der Waals surface area contributed by atoms with Crippen LogP contribution in [0.15, 0.2) is 46.9 Å². The number of nitrogens with one attached hydrogen (secondary N) is 1. The number of halogens is 4. The Morgan fingerprint density at radius 2 is 1.85 bits per heavy atom. The van der Waals surface area contributed by atoms with E-state index in [-0.39, 0.29) is 18.2 Å². The van der Waals surface area contributed by atoms with E-state index < -0.39 is 29.7 Å². The molecule has 11 heteroatoms. The second-order valence-electron chi connectivity index (χ2n) is 10.7. The summed E-state index contributed by atoms with van der Waals surface area (Å²) in [7, 11) is 2.07. The molecule has 7 nitrogen and oxygen atoms in total. The maximum Gasteiger partial charge on any atom is 0.380 e. The molecule has 2 aliphatic heterocycles. The number of aliphatic hydroxyl groups excluding tert-OH is 1. The lowest BCUT2D eigenvalue weighted by Crippen LogP contribution is -2.50. The largest absolute Gasteiger partial charge is 0.489 e. The number of furan rings is 1. The third kappa shape index (κ3) is 6.55. The Hall–Kier alpha value is -2.43. The van der Waals surface area contributed by atoms with E-state index in [0.717, 1.165) is 57.9 Å². The standard InChI is InChI=1S/C29H33Cl2F2N3O4/c1-35-12-8-21(9-13-35)39-25-6-4-18(15-22(25)31)27(37)23(17-36-10-2-3-11-36)34-28(38)29(32,33)26-16-19-14-20(30)5-7-24(19)40-26/h4-7,14-16,21,23,27,37H,2-3,8-13,17H2,1H3,(H,34,38). The van der Waals surface area contributed by atoms with Gasteiger partial charge in [-0.05, 0) is 87.8 Å². The zero-order chi connectivity index (χ0) is 28.4. The van der Waals surface area contributed by atoms with Crippen molar-refractivity contribution in [2.45, 2.75) is 49.9 Å². The Balaban J connectivity index is 1.33. The van der Waals surface area contributed by atoms with Crippen molar-refractivity contribution in [2.75, 3.05) is 39.8 Å². The summed E-state index contributed by atoms with van der Waals surface area (Å²) < 4.78 is 42.0. The van der Waals surface area contributed by atoms with Gasteiger partial charge in [-0.3, -0.25) is 4.79 Å². The van der Waals surface area contributed by atoms with Crippen LogP contribution in [-0.2, 0) is 10.7 Å². The van der Waals surface area contributed by atoms with Crippen molar-refractivity contribution in [3.63, 3.8) is 0 Å². The molecule has 2 saturated heterocycles. The molecule has 216 valence electrons. The second kappa shape index (κ2) is 12.2. The predicted octanol–water partition coefficient (Wildman–Crippen LogP) is 5.62. The normalized spacial score (nSPS) is 19.1. The summed E-state index contributed by atoms with van der Waals surface area (Å²) in [5.74, 6) is -5.83. The molecule has 3 heterocycles. The number of benzene rings is 2. The fourth-order valence-corrected chi connectivity index (χ4v) is 5.73. The van der Waals surface area contributed by atoms with Gasteiger partial charge in [-0.15, -0.1) is 0 Å². The number of amides is 1. The van der Waals surface area contributed by atoms with Gasteiger partial charge in [-0.25, -0.2) is 0 Å². The van der Waals surface area contributed by atoms with Crippen molar-refractivity contribution < 1.29 is 27.8 Å². The molecule has 2 N–H and O–H groups in total. The number of fused-ring (bicyclic) bond motifs is 1. The summed E-state index contributed by atoms with van der Waals surface area (Å²) in [6.07, 6.45) is 2.45. The summed E-state index contributed by atoms with van der Waals surface area (Å²) in [6.45, 7) is 3.57. The van der Waals surface area contributed by atoms with Crippen LogP contribution in [-0.4, -0.2) is 72.7 Å². The van der Waals surface area contributed by atoms with Crippen molar-refractivity contribution in [1.29, 1.82) is 0 Å². The van der Waals surface area contributed by atoms with Gasteiger partial charge in [0.25, 0.3) is 5.91 Å². The zero-order valence-corrected chi connectivity index (χ0v) is 23.7. The van der Waals surface area contributed by atoms with E-state index in [1.165, 1.54) is 18.2 Å². The zero-order valence-electron chi connectivity index (χ0n) is 22.2. The molecule has 2 fully saturated rings. The molecule has 1 aromatic heterocycles. The summed E-state index contributed by atoms with van der Waals surface area (Å²) >= 11 is 12.5. The van der Waals surface area contributed by atoms with Gasteiger partial charge in [0.2, 0.25) is 0 Å². The van der Waals surface area contributed by atoms with E-state index in [4.69, 9.17) is 32.4 Å². The summed E-state index contributed by atoms with van der Waals surface area (Å²) in [5, 5.41) is 14.7. The van der Waals surface area contributed by atoms with Crippen LogP contribution in [0, 0.1) is 0 Å². The van der Waals surface area contributed by atoms with Gasteiger partial charge >= 0.3 is 5.92 Å². The SMILES string of the molecule is CN1CCC(Oc2ccc(C(O)C(CN3CCCC3)NC(=O)C(F)(F)c3cc4cc(Cl)ccc4o3)cc2Cl)CC1. The predicted molar refractivity (Wildman–Crippen MR) is 150 cm³/mol. The molecular formula is C29H33Cl2F2N3O4. The summed E-state index contributed by atoms with van der Waals surface area (Å²) in [4.78, 5) is 17.2. The van der Waals surface area contributed by atoms with E-state index in [9.17, 15) is 9.90 Å². The molecule has 0 spiro atoms. The molecule has 2 aromatic carbocycles. The number of carbonyl (C=O) groups excluding carboxylic acids is 1. The van der Waals surface area contributed by atoms with Crippen LogP contribution in [0.3, 0.4) is 0 Å². The van der Waals surface area contributed by atoms with Crippen LogP contribution in [0.1, 0.15) is 43.1 Å². The molecule has 3 aromatic rings. The first-order chi connectivity index (χ1) is 19.1. The number of aliphatic hydroxyl groups is 1. The minimum Gasteiger partial charge on any atom is -0.489 e. The topological polar surface area (TPSA) is 78.2 Å². The van der Waals surface area contributed by atoms with Gasteiger partial charge in [0, 0.05) is 30.0 Å². The van der Waals surface area contributed by atoms with E-state index >= 15 is 8.78 Å². The number of rotatable bonds is 9. The van der Waals surface area contributed by atoms with Crippen molar-refractivity contribution in [3.05, 3.63) is 63.8 Å². The van der Waals surface area contributed by atoms with Crippen LogP contribution >= 0.6 is 23.2 Å². The Bertz CT molecular complexity index is 1340. The Kier molecular flexibility index (Phi) is 8.87. The second-order valence-corrected chi connectivity index (χ2v) is 11.6. The third-order valence-electron chi connectivity index (χ3n) is 7.68. The van der Waals surface area contributed by atoms with Crippen molar-refractivity contribution in [1.82, 2.24) is 15.1 Å². The maximum absolute atomic E-state index is 15.3. The minimum atomic E-state index is -3.97. The monoisotopic (exact) mass is 595 g/mol. The first-order valence-electron chi connectivity index (χ1n) is 13.5. The van der Waals surface area contributed by atoms with Crippen LogP contribution < -0.4 is 10.1 Å². The van der Waals surface area contributed by atoms with Gasteiger partial charge in [-0.1, -0.05) is 29.3 Å². The molecule has 2 atom stereocenters. The molecule has 0 bridgehead atoms. The van der Waals surface area contributed by atoms with Gasteiger partial charge in [0.05, 0.1) is 11.1 Å². The van der Waals surface area contributed by atoms with Crippen LogP contribution in [0.5, 0.6) is 5.75 Å². The highest BCUT2D eigenvalue weighted by Gasteiger charge is 2.46.